The highest BCUT2D eigenvalue weighted by Gasteiger charge is 2.31. The molecular formula is C24H35N5O4S. The molecule has 9 nitrogen and oxygen atoms in total. The maximum absolute atomic E-state index is 13.1. The van der Waals surface area contributed by atoms with Gasteiger partial charge in [0.05, 0.1) is 5.25 Å². The van der Waals surface area contributed by atoms with Crippen molar-refractivity contribution in [2.45, 2.75) is 39.0 Å². The van der Waals surface area contributed by atoms with Crippen molar-refractivity contribution >= 4 is 32.7 Å². The average molecular weight is 490 g/mol. The Hall–Kier alpha value is -2.43. The summed E-state index contributed by atoms with van der Waals surface area (Å²) < 4.78 is 26.2. The van der Waals surface area contributed by atoms with Crippen molar-refractivity contribution in [2.75, 3.05) is 52.4 Å². The molecule has 4 rings (SSSR count). The number of aromatic amines is 1. The minimum absolute atomic E-state index is 0.0156. The molecule has 2 aliphatic rings. The third kappa shape index (κ3) is 4.85. The van der Waals surface area contributed by atoms with Gasteiger partial charge in [0.1, 0.15) is 5.69 Å². The molecule has 0 radical (unpaired) electrons. The predicted molar refractivity (Wildman–Crippen MR) is 132 cm³/mol. The summed E-state index contributed by atoms with van der Waals surface area (Å²) in [6, 6.07) is 7.75. The van der Waals surface area contributed by atoms with E-state index in [2.05, 4.69) is 23.7 Å². The van der Waals surface area contributed by atoms with Gasteiger partial charge in [-0.15, -0.1) is 0 Å². The van der Waals surface area contributed by atoms with E-state index in [9.17, 15) is 18.0 Å². The zero-order chi connectivity index (χ0) is 24.6. The van der Waals surface area contributed by atoms with E-state index in [0.717, 1.165) is 24.0 Å². The highest BCUT2D eigenvalue weighted by atomic mass is 32.2. The Kier molecular flexibility index (Phi) is 7.02. The van der Waals surface area contributed by atoms with Crippen LogP contribution in [-0.2, 0) is 10.0 Å². The molecule has 34 heavy (non-hydrogen) atoms. The first-order chi connectivity index (χ1) is 16.1. The van der Waals surface area contributed by atoms with E-state index in [0.29, 0.717) is 56.6 Å². The van der Waals surface area contributed by atoms with Crippen molar-refractivity contribution in [3.63, 3.8) is 0 Å². The second kappa shape index (κ2) is 9.67. The number of carbonyl (C=O) groups is 2. The summed E-state index contributed by atoms with van der Waals surface area (Å²) >= 11 is 0. The monoisotopic (exact) mass is 489 g/mol. The van der Waals surface area contributed by atoms with Crippen LogP contribution in [0.4, 0.5) is 0 Å². The summed E-state index contributed by atoms with van der Waals surface area (Å²) in [7, 11) is -3.32. The van der Waals surface area contributed by atoms with Crippen molar-refractivity contribution in [1.29, 1.82) is 0 Å². The van der Waals surface area contributed by atoms with E-state index in [1.54, 1.807) is 30.9 Å². The van der Waals surface area contributed by atoms with Gasteiger partial charge in [0.2, 0.25) is 10.0 Å². The summed E-state index contributed by atoms with van der Waals surface area (Å²) in [4.78, 5) is 35.2. The van der Waals surface area contributed by atoms with Crippen molar-refractivity contribution < 1.29 is 18.0 Å². The lowest BCUT2D eigenvalue weighted by atomic mass is 10.1. The number of sulfonamides is 1. The first kappa shape index (κ1) is 24.7. The molecule has 0 unspecified atom stereocenters. The van der Waals surface area contributed by atoms with Crippen molar-refractivity contribution in [2.24, 2.45) is 0 Å². The normalized spacial score (nSPS) is 18.9. The van der Waals surface area contributed by atoms with Gasteiger partial charge in [0.15, 0.2) is 0 Å². The zero-order valence-corrected chi connectivity index (χ0v) is 21.3. The molecule has 0 atom stereocenters. The van der Waals surface area contributed by atoms with Crippen LogP contribution >= 0.6 is 0 Å². The zero-order valence-electron chi connectivity index (χ0n) is 20.5. The standard InChI is InChI=1S/C24H35N5O4S/c1-17(2)26-7-9-27(10-8-26)23(30)19-5-6-21-20(15-19)16-22(25-21)24(31)28-11-13-29(14-12-28)34(32,33)18(3)4/h5-6,15-18,25H,7-14H2,1-4H3. The Labute approximate surface area is 201 Å². The number of nitrogens with zero attached hydrogens (tertiary/aromatic N) is 4. The summed E-state index contributed by atoms with van der Waals surface area (Å²) in [6.07, 6.45) is 0. The smallest absolute Gasteiger partial charge is 0.270 e. The van der Waals surface area contributed by atoms with E-state index in [-0.39, 0.29) is 11.8 Å². The van der Waals surface area contributed by atoms with Crippen LogP contribution in [0.3, 0.4) is 0 Å². The van der Waals surface area contributed by atoms with E-state index in [1.165, 1.54) is 4.31 Å². The van der Waals surface area contributed by atoms with Gasteiger partial charge in [-0.2, -0.15) is 4.31 Å². The van der Waals surface area contributed by atoms with E-state index >= 15 is 0 Å². The van der Waals surface area contributed by atoms with Gasteiger partial charge in [0.25, 0.3) is 11.8 Å². The minimum atomic E-state index is -3.32. The molecule has 2 amide bonds. The van der Waals surface area contributed by atoms with Gasteiger partial charge in [-0.25, -0.2) is 8.42 Å². The Bertz CT molecular complexity index is 1160. The number of hydrogen-bond donors (Lipinski definition) is 1. The highest BCUT2D eigenvalue weighted by molar-refractivity contribution is 7.89. The number of piperazine rings is 2. The Balaban J connectivity index is 1.42. The van der Waals surface area contributed by atoms with Gasteiger partial charge in [0, 0.05) is 74.9 Å². The fourth-order valence-electron chi connectivity index (χ4n) is 4.62. The fourth-order valence-corrected chi connectivity index (χ4v) is 5.89. The molecule has 2 saturated heterocycles. The van der Waals surface area contributed by atoms with Crippen LogP contribution in [0, 0.1) is 0 Å². The van der Waals surface area contributed by atoms with Gasteiger partial charge < -0.3 is 14.8 Å². The first-order valence-electron chi connectivity index (χ1n) is 12.0. The summed E-state index contributed by atoms with van der Waals surface area (Å²) in [5.74, 6) is -0.141. The van der Waals surface area contributed by atoms with Crippen molar-refractivity contribution in [3.05, 3.63) is 35.5 Å². The number of carbonyl (C=O) groups excluding carboxylic acids is 2. The molecule has 1 aromatic carbocycles. The molecule has 2 fully saturated rings. The summed E-state index contributed by atoms with van der Waals surface area (Å²) in [5.41, 5.74) is 1.87. The van der Waals surface area contributed by atoms with E-state index < -0.39 is 15.3 Å². The topological polar surface area (TPSA) is 97.0 Å². The van der Waals surface area contributed by atoms with Crippen LogP contribution < -0.4 is 0 Å². The quantitative estimate of drug-likeness (QED) is 0.691. The molecule has 10 heteroatoms. The molecule has 3 heterocycles. The van der Waals surface area contributed by atoms with Crippen LogP contribution in [0.25, 0.3) is 10.9 Å². The van der Waals surface area contributed by atoms with Gasteiger partial charge in [-0.3, -0.25) is 14.5 Å². The molecule has 186 valence electrons. The van der Waals surface area contributed by atoms with E-state index in [1.807, 2.05) is 17.0 Å². The van der Waals surface area contributed by atoms with Gasteiger partial charge >= 0.3 is 0 Å². The lowest BCUT2D eigenvalue weighted by molar-refractivity contribution is 0.0595. The predicted octanol–water partition coefficient (Wildman–Crippen LogP) is 1.83. The molecule has 0 aliphatic carbocycles. The molecule has 0 bridgehead atoms. The highest BCUT2D eigenvalue weighted by Crippen LogP contribution is 2.21. The van der Waals surface area contributed by atoms with Crippen LogP contribution in [0.2, 0.25) is 0 Å². The van der Waals surface area contributed by atoms with Crippen LogP contribution in [0.15, 0.2) is 24.3 Å². The maximum atomic E-state index is 13.1. The molecule has 1 aromatic heterocycles. The molecule has 0 spiro atoms. The second-order valence-electron chi connectivity index (χ2n) is 9.69. The molecule has 1 N–H and O–H groups in total. The van der Waals surface area contributed by atoms with Crippen molar-refractivity contribution in [3.8, 4) is 0 Å². The fraction of sp³-hybridized carbons (Fsp3) is 0.583. The van der Waals surface area contributed by atoms with Crippen LogP contribution in [0.5, 0.6) is 0 Å². The summed E-state index contributed by atoms with van der Waals surface area (Å²) in [5, 5.41) is 0.343. The lowest BCUT2D eigenvalue weighted by Gasteiger charge is -2.37. The number of fused-ring (bicyclic) bond motifs is 1. The minimum Gasteiger partial charge on any atom is -0.351 e. The molecular weight excluding hydrogens is 454 g/mol. The molecule has 2 aromatic rings. The number of H-pyrrole nitrogens is 1. The van der Waals surface area contributed by atoms with E-state index in [4.69, 9.17) is 0 Å². The number of aromatic nitrogens is 1. The molecule has 0 saturated carbocycles. The van der Waals surface area contributed by atoms with Crippen molar-refractivity contribution in [1.82, 2.24) is 24.0 Å². The maximum Gasteiger partial charge on any atom is 0.270 e. The third-order valence-corrected chi connectivity index (χ3v) is 9.19. The van der Waals surface area contributed by atoms with Gasteiger partial charge in [-0.05, 0) is 52.0 Å². The Morgan fingerprint density at radius 2 is 1.41 bits per heavy atom. The van der Waals surface area contributed by atoms with Crippen LogP contribution in [-0.4, -0.2) is 108 Å². The first-order valence-corrected chi connectivity index (χ1v) is 13.5. The number of rotatable bonds is 5. The Morgan fingerprint density at radius 1 is 0.824 bits per heavy atom. The number of hydrogen-bond acceptors (Lipinski definition) is 5. The lowest BCUT2D eigenvalue weighted by Crippen LogP contribution is -2.52. The average Bonchev–Trinajstić information content (AvgIpc) is 3.26. The second-order valence-corrected chi connectivity index (χ2v) is 12.2. The molecule has 2 aliphatic heterocycles. The third-order valence-electron chi connectivity index (χ3n) is 6.91. The number of benzene rings is 1. The number of amides is 2. The van der Waals surface area contributed by atoms with Crippen LogP contribution in [0.1, 0.15) is 48.5 Å². The summed E-state index contributed by atoms with van der Waals surface area (Å²) in [6.45, 7) is 12.2. The largest absolute Gasteiger partial charge is 0.351 e. The Morgan fingerprint density at radius 3 is 2.00 bits per heavy atom. The van der Waals surface area contributed by atoms with Gasteiger partial charge in [-0.1, -0.05) is 0 Å². The number of nitrogens with one attached hydrogen (secondary N) is 1. The SMILES string of the molecule is CC(C)N1CCN(C(=O)c2ccc3[nH]c(C(=O)N4CCN(S(=O)(=O)C(C)C)CC4)cc3c2)CC1.